The summed E-state index contributed by atoms with van der Waals surface area (Å²) in [6.07, 6.45) is 4.94. The third-order valence-corrected chi connectivity index (χ3v) is 6.28. The molecule has 30 heavy (non-hydrogen) atoms. The first-order chi connectivity index (χ1) is 14.6. The van der Waals surface area contributed by atoms with Crippen LogP contribution in [0, 0.1) is 0 Å². The summed E-state index contributed by atoms with van der Waals surface area (Å²) >= 11 is 0. The Bertz CT molecular complexity index is 859. The van der Waals surface area contributed by atoms with E-state index in [0.717, 1.165) is 32.0 Å². The molecule has 5 nitrogen and oxygen atoms in total. The van der Waals surface area contributed by atoms with Crippen LogP contribution in [-0.4, -0.2) is 38.3 Å². The number of rotatable bonds is 6. The van der Waals surface area contributed by atoms with Crippen molar-refractivity contribution in [3.8, 4) is 0 Å². The second kappa shape index (κ2) is 9.63. The number of benzene rings is 2. The van der Waals surface area contributed by atoms with Crippen LogP contribution in [0.15, 0.2) is 42.5 Å². The molecular weight excluding hydrogens is 374 g/mol. The van der Waals surface area contributed by atoms with Crippen LogP contribution in [0.2, 0.25) is 0 Å². The van der Waals surface area contributed by atoms with Gasteiger partial charge in [0, 0.05) is 30.5 Å². The minimum atomic E-state index is -0.282. The van der Waals surface area contributed by atoms with Crippen molar-refractivity contribution >= 4 is 17.3 Å². The Morgan fingerprint density at radius 2 is 1.67 bits per heavy atom. The van der Waals surface area contributed by atoms with Crippen molar-refractivity contribution < 1.29 is 9.53 Å². The van der Waals surface area contributed by atoms with Crippen LogP contribution in [0.3, 0.4) is 0 Å². The van der Waals surface area contributed by atoms with E-state index in [1.807, 2.05) is 19.1 Å². The molecule has 0 aromatic heterocycles. The molecule has 1 aliphatic heterocycles. The highest BCUT2D eigenvalue weighted by Gasteiger charge is 2.18. The van der Waals surface area contributed by atoms with Gasteiger partial charge >= 0.3 is 0 Å². The molecule has 0 radical (unpaired) electrons. The van der Waals surface area contributed by atoms with Gasteiger partial charge in [-0.25, -0.2) is 0 Å². The van der Waals surface area contributed by atoms with Crippen LogP contribution >= 0.6 is 0 Å². The quantitative estimate of drug-likeness (QED) is 0.758. The van der Waals surface area contributed by atoms with Gasteiger partial charge in [-0.2, -0.15) is 0 Å². The zero-order chi connectivity index (χ0) is 20.9. The van der Waals surface area contributed by atoms with Crippen LogP contribution in [0.25, 0.3) is 0 Å². The molecule has 2 atom stereocenters. The summed E-state index contributed by atoms with van der Waals surface area (Å²) in [7, 11) is 0. The van der Waals surface area contributed by atoms with Gasteiger partial charge in [-0.15, -0.1) is 0 Å². The first-order valence-electron chi connectivity index (χ1n) is 11.2. The molecule has 2 aliphatic rings. The lowest BCUT2D eigenvalue weighted by Gasteiger charge is -2.29. The largest absolute Gasteiger partial charge is 0.378 e. The zero-order valence-electron chi connectivity index (χ0n) is 18.1. The van der Waals surface area contributed by atoms with E-state index in [2.05, 4.69) is 52.8 Å². The number of morpholine rings is 1. The summed E-state index contributed by atoms with van der Waals surface area (Å²) in [4.78, 5) is 15.0. The van der Waals surface area contributed by atoms with Gasteiger partial charge in [0.15, 0.2) is 0 Å². The van der Waals surface area contributed by atoms with Gasteiger partial charge in [-0.3, -0.25) is 10.1 Å². The summed E-state index contributed by atoms with van der Waals surface area (Å²) in [5.41, 5.74) is 6.22. The first kappa shape index (κ1) is 20.9. The summed E-state index contributed by atoms with van der Waals surface area (Å²) in [5, 5.41) is 6.49. The molecule has 1 aliphatic carbocycles. The summed E-state index contributed by atoms with van der Waals surface area (Å²) in [5.74, 6) is -0.0149. The van der Waals surface area contributed by atoms with Gasteiger partial charge in [-0.05, 0) is 80.5 Å². The maximum Gasteiger partial charge on any atom is 0.241 e. The summed E-state index contributed by atoms with van der Waals surface area (Å²) < 4.78 is 5.41. The van der Waals surface area contributed by atoms with E-state index in [4.69, 9.17) is 4.74 Å². The first-order valence-corrected chi connectivity index (χ1v) is 11.2. The number of nitrogens with one attached hydrogen (secondary N) is 2. The highest BCUT2D eigenvalue weighted by molar-refractivity contribution is 5.94. The smallest absolute Gasteiger partial charge is 0.241 e. The minimum Gasteiger partial charge on any atom is -0.378 e. The van der Waals surface area contributed by atoms with E-state index in [0.29, 0.717) is 0 Å². The van der Waals surface area contributed by atoms with Crippen molar-refractivity contribution in [1.82, 2.24) is 5.32 Å². The number of aryl methyl sites for hydroxylation is 2. The standard InChI is InChI=1S/C25H33N3O2/c1-18(21-8-7-20-5-3-4-6-22(20)17-21)26-19(2)25(29)27-23-9-11-24(12-10-23)28-13-15-30-16-14-28/h7-12,17-19,26H,3-6,13-16H2,1-2H3,(H,27,29)/t18-,19+/m1/s1. The predicted octanol–water partition coefficient (Wildman–Crippen LogP) is 4.08. The Morgan fingerprint density at radius 1 is 0.967 bits per heavy atom. The molecule has 2 aromatic carbocycles. The molecule has 0 saturated carbocycles. The average molecular weight is 408 g/mol. The van der Waals surface area contributed by atoms with E-state index in [1.54, 1.807) is 0 Å². The highest BCUT2D eigenvalue weighted by Crippen LogP contribution is 2.25. The molecule has 0 spiro atoms. The van der Waals surface area contributed by atoms with Crippen molar-refractivity contribution in [2.24, 2.45) is 0 Å². The fourth-order valence-corrected chi connectivity index (χ4v) is 4.40. The lowest BCUT2D eigenvalue weighted by molar-refractivity contribution is -0.117. The summed E-state index contributed by atoms with van der Waals surface area (Å²) in [6.45, 7) is 7.41. The minimum absolute atomic E-state index is 0.0149. The number of carbonyl (C=O) groups excluding carboxylic acids is 1. The molecule has 0 unspecified atom stereocenters. The number of amides is 1. The molecule has 1 amide bonds. The van der Waals surface area contributed by atoms with Gasteiger partial charge in [0.25, 0.3) is 0 Å². The lowest BCUT2D eigenvalue weighted by Crippen LogP contribution is -2.39. The normalized spacial score (nSPS) is 18.4. The molecule has 0 bridgehead atoms. The van der Waals surface area contributed by atoms with Crippen LogP contribution in [0.4, 0.5) is 11.4 Å². The number of ether oxygens (including phenoxy) is 1. The topological polar surface area (TPSA) is 53.6 Å². The van der Waals surface area contributed by atoms with Gasteiger partial charge in [-0.1, -0.05) is 18.2 Å². The lowest BCUT2D eigenvalue weighted by atomic mass is 9.89. The van der Waals surface area contributed by atoms with Gasteiger partial charge in [0.05, 0.1) is 19.3 Å². The monoisotopic (exact) mass is 407 g/mol. The van der Waals surface area contributed by atoms with E-state index < -0.39 is 0 Å². The Morgan fingerprint density at radius 3 is 2.40 bits per heavy atom. The third kappa shape index (κ3) is 5.02. The van der Waals surface area contributed by atoms with Crippen LogP contribution in [0.5, 0.6) is 0 Å². The van der Waals surface area contributed by atoms with E-state index >= 15 is 0 Å². The average Bonchev–Trinajstić information content (AvgIpc) is 2.79. The fraction of sp³-hybridized carbons (Fsp3) is 0.480. The summed E-state index contributed by atoms with van der Waals surface area (Å²) in [6, 6.07) is 14.7. The fourth-order valence-electron chi connectivity index (χ4n) is 4.40. The number of nitrogens with zero attached hydrogens (tertiary/aromatic N) is 1. The molecule has 1 heterocycles. The maximum atomic E-state index is 12.7. The van der Waals surface area contributed by atoms with Crippen LogP contribution in [0.1, 0.15) is 49.4 Å². The third-order valence-electron chi connectivity index (χ3n) is 6.28. The molecule has 1 fully saturated rings. The maximum absolute atomic E-state index is 12.7. The van der Waals surface area contributed by atoms with Gasteiger partial charge < -0.3 is 15.0 Å². The Labute approximate surface area is 179 Å². The Hall–Kier alpha value is -2.37. The number of hydrogen-bond donors (Lipinski definition) is 2. The van der Waals surface area contributed by atoms with Gasteiger partial charge in [0.1, 0.15) is 0 Å². The number of hydrogen-bond acceptors (Lipinski definition) is 4. The highest BCUT2D eigenvalue weighted by atomic mass is 16.5. The van der Waals surface area contributed by atoms with Crippen molar-refractivity contribution in [3.63, 3.8) is 0 Å². The molecule has 160 valence electrons. The molecule has 1 saturated heterocycles. The zero-order valence-corrected chi connectivity index (χ0v) is 18.1. The molecule has 2 N–H and O–H groups in total. The Balaban J connectivity index is 1.32. The van der Waals surface area contributed by atoms with E-state index in [-0.39, 0.29) is 18.0 Å². The molecular formula is C25H33N3O2. The van der Waals surface area contributed by atoms with Crippen molar-refractivity contribution in [1.29, 1.82) is 0 Å². The van der Waals surface area contributed by atoms with E-state index in [9.17, 15) is 4.79 Å². The molecule has 4 rings (SSSR count). The van der Waals surface area contributed by atoms with Gasteiger partial charge in [0.2, 0.25) is 5.91 Å². The number of carbonyl (C=O) groups is 1. The second-order valence-electron chi connectivity index (χ2n) is 8.48. The second-order valence-corrected chi connectivity index (χ2v) is 8.48. The Kier molecular flexibility index (Phi) is 6.70. The van der Waals surface area contributed by atoms with Crippen LogP contribution < -0.4 is 15.5 Å². The molecule has 5 heteroatoms. The molecule has 2 aromatic rings. The SMILES string of the molecule is C[C@H](N[C@H](C)c1ccc2c(c1)CCCC2)C(=O)Nc1ccc(N2CCOCC2)cc1. The van der Waals surface area contributed by atoms with Crippen molar-refractivity contribution in [2.75, 3.05) is 36.5 Å². The van der Waals surface area contributed by atoms with Crippen molar-refractivity contribution in [3.05, 3.63) is 59.2 Å². The predicted molar refractivity (Wildman–Crippen MR) is 122 cm³/mol. The number of anilines is 2. The van der Waals surface area contributed by atoms with E-state index in [1.165, 1.54) is 48.1 Å². The number of fused-ring (bicyclic) bond motifs is 1. The van der Waals surface area contributed by atoms with Crippen molar-refractivity contribution in [2.45, 2.75) is 51.6 Å². The van der Waals surface area contributed by atoms with Crippen LogP contribution in [-0.2, 0) is 22.4 Å².